The van der Waals surface area contributed by atoms with Gasteiger partial charge in [0.15, 0.2) is 0 Å². The Bertz CT molecular complexity index is 1200. The Labute approximate surface area is 162 Å². The number of benzene rings is 1. The Balaban J connectivity index is 1.60. The van der Waals surface area contributed by atoms with E-state index in [4.69, 9.17) is 8.94 Å². The lowest BCUT2D eigenvalue weighted by molar-refractivity contribution is -0.384. The first-order chi connectivity index (χ1) is 13.6. The SMILES string of the molecule is N#C/C(=C\c1ccc(-c2ccc([N+](=O)[O-])cc2)o1)c1nc(-c2cccs2)no1. The lowest BCUT2D eigenvalue weighted by atomic mass is 10.1. The number of hydrogen-bond acceptors (Lipinski definition) is 8. The van der Waals surface area contributed by atoms with Crippen LogP contribution in [0.5, 0.6) is 0 Å². The third-order valence-corrected chi connectivity index (χ3v) is 4.66. The molecule has 0 bridgehead atoms. The Kier molecular flexibility index (Phi) is 4.53. The van der Waals surface area contributed by atoms with Gasteiger partial charge in [-0.3, -0.25) is 10.1 Å². The zero-order valence-corrected chi connectivity index (χ0v) is 14.9. The molecule has 3 aromatic heterocycles. The van der Waals surface area contributed by atoms with Gasteiger partial charge in [0.2, 0.25) is 5.82 Å². The van der Waals surface area contributed by atoms with Gasteiger partial charge in [0.25, 0.3) is 11.6 Å². The van der Waals surface area contributed by atoms with E-state index in [-0.39, 0.29) is 17.2 Å². The largest absolute Gasteiger partial charge is 0.457 e. The second-order valence-corrected chi connectivity index (χ2v) is 6.52. The van der Waals surface area contributed by atoms with Crippen molar-refractivity contribution < 1.29 is 13.9 Å². The molecule has 0 spiro atoms. The van der Waals surface area contributed by atoms with Gasteiger partial charge < -0.3 is 8.94 Å². The van der Waals surface area contributed by atoms with E-state index in [9.17, 15) is 15.4 Å². The number of hydrogen-bond donors (Lipinski definition) is 0. The van der Waals surface area contributed by atoms with E-state index in [1.54, 1.807) is 24.3 Å². The summed E-state index contributed by atoms with van der Waals surface area (Å²) in [4.78, 5) is 15.4. The molecule has 4 aromatic rings. The minimum atomic E-state index is -0.464. The van der Waals surface area contributed by atoms with Crippen molar-refractivity contribution in [3.63, 3.8) is 0 Å². The number of aromatic nitrogens is 2. The second kappa shape index (κ2) is 7.30. The summed E-state index contributed by atoms with van der Waals surface area (Å²) in [5, 5.41) is 26.0. The van der Waals surface area contributed by atoms with Gasteiger partial charge in [0.05, 0.1) is 9.80 Å². The summed E-state index contributed by atoms with van der Waals surface area (Å²) in [7, 11) is 0. The predicted molar refractivity (Wildman–Crippen MR) is 102 cm³/mol. The van der Waals surface area contributed by atoms with Gasteiger partial charge in [0.1, 0.15) is 23.2 Å². The first kappa shape index (κ1) is 17.4. The van der Waals surface area contributed by atoms with Crippen molar-refractivity contribution in [2.75, 3.05) is 0 Å². The zero-order valence-electron chi connectivity index (χ0n) is 14.1. The quantitative estimate of drug-likeness (QED) is 0.266. The highest BCUT2D eigenvalue weighted by molar-refractivity contribution is 7.13. The molecule has 0 aliphatic heterocycles. The van der Waals surface area contributed by atoms with Crippen LogP contribution in [0, 0.1) is 21.4 Å². The molecule has 4 rings (SSSR count). The molecule has 28 heavy (non-hydrogen) atoms. The number of nitriles is 1. The average Bonchev–Trinajstić information content (AvgIpc) is 3.47. The number of furan rings is 1. The highest BCUT2D eigenvalue weighted by Gasteiger charge is 2.15. The lowest BCUT2D eigenvalue weighted by Gasteiger charge is -1.96. The molecule has 0 N–H and O–H groups in total. The first-order valence-corrected chi connectivity index (χ1v) is 8.86. The third-order valence-electron chi connectivity index (χ3n) is 3.79. The van der Waals surface area contributed by atoms with E-state index in [0.29, 0.717) is 22.9 Å². The molecular weight excluding hydrogens is 380 g/mol. The third kappa shape index (κ3) is 3.44. The maximum Gasteiger partial charge on any atom is 0.269 e. The summed E-state index contributed by atoms with van der Waals surface area (Å²) in [6.07, 6.45) is 1.50. The standard InChI is InChI=1S/C19H10N4O4S/c20-11-13(19-21-18(22-27-19)17-2-1-9-28-17)10-15-7-8-16(26-15)12-3-5-14(6-4-12)23(24)25/h1-10H/b13-10+. The predicted octanol–water partition coefficient (Wildman–Crippen LogP) is 5.03. The Morgan fingerprint density at radius 2 is 2.04 bits per heavy atom. The van der Waals surface area contributed by atoms with Crippen molar-refractivity contribution >= 4 is 28.7 Å². The summed E-state index contributed by atoms with van der Waals surface area (Å²) in [5.41, 5.74) is 0.849. The number of rotatable bonds is 5. The van der Waals surface area contributed by atoms with Gasteiger partial charge in [-0.25, -0.2) is 0 Å². The highest BCUT2D eigenvalue weighted by atomic mass is 32.1. The van der Waals surface area contributed by atoms with E-state index in [2.05, 4.69) is 10.1 Å². The topological polar surface area (TPSA) is 119 Å². The van der Waals surface area contributed by atoms with Gasteiger partial charge in [-0.15, -0.1) is 11.3 Å². The molecule has 0 fully saturated rings. The average molecular weight is 390 g/mol. The second-order valence-electron chi connectivity index (χ2n) is 5.58. The number of nitro benzene ring substituents is 1. The molecule has 0 unspecified atom stereocenters. The molecule has 0 amide bonds. The van der Waals surface area contributed by atoms with Crippen molar-refractivity contribution in [2.45, 2.75) is 0 Å². The lowest BCUT2D eigenvalue weighted by Crippen LogP contribution is -1.86. The van der Waals surface area contributed by atoms with Crippen molar-refractivity contribution in [2.24, 2.45) is 0 Å². The summed E-state index contributed by atoms with van der Waals surface area (Å²) in [5.74, 6) is 1.44. The summed E-state index contributed by atoms with van der Waals surface area (Å²) in [6.45, 7) is 0. The van der Waals surface area contributed by atoms with E-state index in [1.807, 2.05) is 23.6 Å². The van der Waals surface area contributed by atoms with Crippen molar-refractivity contribution in [3.8, 4) is 28.1 Å². The molecule has 3 heterocycles. The van der Waals surface area contributed by atoms with Crippen molar-refractivity contribution in [1.29, 1.82) is 5.26 Å². The van der Waals surface area contributed by atoms with Crippen LogP contribution in [-0.2, 0) is 0 Å². The van der Waals surface area contributed by atoms with Crippen LogP contribution in [0.2, 0.25) is 0 Å². The summed E-state index contributed by atoms with van der Waals surface area (Å²) in [6, 6.07) is 15.2. The molecular formula is C19H10N4O4S. The first-order valence-electron chi connectivity index (χ1n) is 7.98. The van der Waals surface area contributed by atoms with Gasteiger partial charge >= 0.3 is 0 Å². The molecule has 9 heteroatoms. The molecule has 0 atom stereocenters. The van der Waals surface area contributed by atoms with Crippen LogP contribution >= 0.6 is 11.3 Å². The number of nitro groups is 1. The van der Waals surface area contributed by atoms with Gasteiger partial charge in [-0.2, -0.15) is 10.2 Å². The monoisotopic (exact) mass is 390 g/mol. The molecule has 0 aliphatic rings. The Hall–Kier alpha value is -4.03. The van der Waals surface area contributed by atoms with E-state index in [1.165, 1.54) is 29.5 Å². The molecule has 8 nitrogen and oxygen atoms in total. The number of thiophene rings is 1. The number of nitrogens with zero attached hydrogens (tertiary/aromatic N) is 4. The fourth-order valence-corrected chi connectivity index (χ4v) is 3.11. The minimum Gasteiger partial charge on any atom is -0.457 e. The van der Waals surface area contributed by atoms with Crippen LogP contribution in [-0.4, -0.2) is 15.1 Å². The molecule has 0 saturated carbocycles. The fourth-order valence-electron chi connectivity index (χ4n) is 2.46. The number of non-ortho nitro benzene ring substituents is 1. The minimum absolute atomic E-state index is 0.000121. The van der Waals surface area contributed by atoms with Crippen LogP contribution in [0.1, 0.15) is 11.7 Å². The van der Waals surface area contributed by atoms with E-state index >= 15 is 0 Å². The van der Waals surface area contributed by atoms with Crippen LogP contribution < -0.4 is 0 Å². The molecule has 0 saturated heterocycles. The summed E-state index contributed by atoms with van der Waals surface area (Å²) >= 11 is 1.47. The summed E-state index contributed by atoms with van der Waals surface area (Å²) < 4.78 is 10.9. The maximum absolute atomic E-state index is 10.7. The van der Waals surface area contributed by atoms with Gasteiger partial charge in [-0.05, 0) is 35.7 Å². The zero-order chi connectivity index (χ0) is 19.5. The molecule has 0 radical (unpaired) electrons. The van der Waals surface area contributed by atoms with Crippen molar-refractivity contribution in [1.82, 2.24) is 10.1 Å². The Morgan fingerprint density at radius 1 is 1.21 bits per heavy atom. The molecule has 1 aromatic carbocycles. The fraction of sp³-hybridized carbons (Fsp3) is 0. The van der Waals surface area contributed by atoms with Crippen molar-refractivity contribution in [3.05, 3.63) is 75.7 Å². The van der Waals surface area contributed by atoms with Crippen LogP contribution in [0.4, 0.5) is 5.69 Å². The van der Waals surface area contributed by atoms with Crippen LogP contribution in [0.3, 0.4) is 0 Å². The maximum atomic E-state index is 10.7. The number of allylic oxidation sites excluding steroid dienone is 1. The smallest absolute Gasteiger partial charge is 0.269 e. The highest BCUT2D eigenvalue weighted by Crippen LogP contribution is 2.27. The van der Waals surface area contributed by atoms with Gasteiger partial charge in [-0.1, -0.05) is 11.2 Å². The van der Waals surface area contributed by atoms with Crippen LogP contribution in [0.15, 0.2) is 62.9 Å². The normalized spacial score (nSPS) is 11.3. The van der Waals surface area contributed by atoms with E-state index in [0.717, 1.165) is 4.88 Å². The van der Waals surface area contributed by atoms with Crippen LogP contribution in [0.25, 0.3) is 33.7 Å². The Morgan fingerprint density at radius 3 is 2.71 bits per heavy atom. The molecule has 0 aliphatic carbocycles. The van der Waals surface area contributed by atoms with Gasteiger partial charge in [0, 0.05) is 23.8 Å². The molecule has 136 valence electrons. The van der Waals surface area contributed by atoms with E-state index < -0.39 is 4.92 Å².